The molecule has 0 amide bonds. The Labute approximate surface area is 379 Å². The van der Waals surface area contributed by atoms with E-state index in [1.807, 2.05) is 0 Å². The monoisotopic (exact) mass is 970 g/mol. The van der Waals surface area contributed by atoms with Crippen molar-refractivity contribution in [2.45, 2.75) is 54.7 Å². The highest BCUT2D eigenvalue weighted by Crippen LogP contribution is 2.57. The number of hydrogen-bond acceptors (Lipinski definition) is 27. The maximum atomic E-state index is 14.5. The number of rotatable bonds is 7. The molecule has 0 aliphatic carbocycles. The summed E-state index contributed by atoms with van der Waals surface area (Å²) >= 11 is 0. The Kier molecular flexibility index (Phi) is 10.9. The molecule has 0 unspecified atom stereocenters. The highest BCUT2D eigenvalue weighted by molar-refractivity contribution is 6.08. The molecule has 4 heterocycles. The number of aliphatic carboxylic acids is 1. The number of aromatic hydroxyl groups is 12. The number of aliphatic hydroxyl groups excluding tert-OH is 1. The van der Waals surface area contributed by atoms with Crippen LogP contribution in [-0.2, 0) is 47.5 Å². The molecule has 14 N–H and O–H groups in total. The summed E-state index contributed by atoms with van der Waals surface area (Å²) in [5, 5.41) is 148. The summed E-state index contributed by atoms with van der Waals surface area (Å²) in [6.07, 6.45) is -15.9. The second-order valence-corrected chi connectivity index (χ2v) is 15.4. The lowest BCUT2D eigenvalue weighted by atomic mass is 9.78. The smallest absolute Gasteiger partial charge is 0.352 e. The molecule has 4 bridgehead atoms. The molecule has 3 fully saturated rings. The Morgan fingerprint density at radius 2 is 1.17 bits per heavy atom. The van der Waals surface area contributed by atoms with Crippen molar-refractivity contribution in [3.05, 3.63) is 58.1 Å². The zero-order valence-corrected chi connectivity index (χ0v) is 33.8. The van der Waals surface area contributed by atoms with E-state index in [4.69, 9.17) is 33.2 Å². The normalized spacial score (nSPS) is 24.8. The molecule has 0 spiro atoms. The van der Waals surface area contributed by atoms with Gasteiger partial charge in [0.15, 0.2) is 57.8 Å². The lowest BCUT2D eigenvalue weighted by Gasteiger charge is -2.42. The van der Waals surface area contributed by atoms with Crippen LogP contribution in [0.3, 0.4) is 0 Å². The van der Waals surface area contributed by atoms with Gasteiger partial charge in [0, 0.05) is 16.7 Å². The summed E-state index contributed by atoms with van der Waals surface area (Å²) in [6, 6.07) is 2.23. The predicted octanol–water partition coefficient (Wildman–Crippen LogP) is -0.536. The average molecular weight is 971 g/mol. The zero-order valence-electron chi connectivity index (χ0n) is 33.8. The van der Waals surface area contributed by atoms with Gasteiger partial charge in [0.25, 0.3) is 0 Å². The topological polar surface area (TPSA) is 467 Å². The van der Waals surface area contributed by atoms with Crippen LogP contribution in [0.2, 0.25) is 0 Å². The zero-order chi connectivity index (χ0) is 50.5. The molecule has 362 valence electrons. The molecule has 3 saturated heterocycles. The molecule has 4 aromatic carbocycles. The van der Waals surface area contributed by atoms with Crippen molar-refractivity contribution in [1.29, 1.82) is 0 Å². The van der Waals surface area contributed by atoms with E-state index in [2.05, 4.69) is 0 Å². The van der Waals surface area contributed by atoms with E-state index in [0.29, 0.717) is 30.3 Å². The molecule has 28 nitrogen and oxygen atoms in total. The third-order valence-electron chi connectivity index (χ3n) is 11.3. The number of carbonyl (C=O) groups is 7. The van der Waals surface area contributed by atoms with Gasteiger partial charge in [0.05, 0.1) is 34.6 Å². The number of ether oxygens (including phenoxy) is 7. The van der Waals surface area contributed by atoms with Crippen LogP contribution in [0.15, 0.2) is 30.3 Å². The van der Waals surface area contributed by atoms with E-state index < -0.39 is 211 Å². The first-order valence-corrected chi connectivity index (χ1v) is 19.3. The summed E-state index contributed by atoms with van der Waals surface area (Å²) in [5.74, 6) is -29.8. The van der Waals surface area contributed by atoms with Crippen LogP contribution in [-0.4, -0.2) is 162 Å². The van der Waals surface area contributed by atoms with Crippen LogP contribution in [0.25, 0.3) is 11.1 Å². The predicted molar refractivity (Wildman–Crippen MR) is 207 cm³/mol. The first-order valence-electron chi connectivity index (χ1n) is 19.3. The van der Waals surface area contributed by atoms with Crippen molar-refractivity contribution >= 4 is 41.8 Å². The van der Waals surface area contributed by atoms with Crippen molar-refractivity contribution in [3.8, 4) is 80.1 Å². The molecular formula is C41H30O28. The summed E-state index contributed by atoms with van der Waals surface area (Å²) in [4.78, 5) is 94.2. The second-order valence-electron chi connectivity index (χ2n) is 15.4. The first-order chi connectivity index (χ1) is 32.4. The van der Waals surface area contributed by atoms with Crippen molar-refractivity contribution in [1.82, 2.24) is 0 Å². The van der Waals surface area contributed by atoms with Gasteiger partial charge in [-0.05, 0) is 30.3 Å². The molecular weight excluding hydrogens is 940 g/mol. The summed E-state index contributed by atoms with van der Waals surface area (Å²) < 4.78 is 37.5. The van der Waals surface area contributed by atoms with Gasteiger partial charge in [-0.15, -0.1) is 0 Å². The molecule has 8 atom stereocenters. The van der Waals surface area contributed by atoms with E-state index in [9.17, 15) is 105 Å². The molecule has 0 aromatic heterocycles. The largest absolute Gasteiger partial charge is 0.504 e. The van der Waals surface area contributed by atoms with Crippen LogP contribution in [0.5, 0.6) is 69.0 Å². The minimum Gasteiger partial charge on any atom is -0.504 e. The molecule has 28 heteroatoms. The first kappa shape index (κ1) is 46.2. The number of hydrogen-bond donors (Lipinski definition) is 14. The van der Waals surface area contributed by atoms with Gasteiger partial charge in [-0.25, -0.2) is 28.8 Å². The van der Waals surface area contributed by atoms with E-state index in [1.54, 1.807) is 0 Å². The number of phenolic OH excluding ortho intramolecular Hbond substituents is 12. The lowest BCUT2D eigenvalue weighted by Crippen LogP contribution is -2.62. The number of fused-ring (bicyclic) bond motifs is 7. The average Bonchev–Trinajstić information content (AvgIpc) is 3.70. The summed E-state index contributed by atoms with van der Waals surface area (Å²) in [6.45, 7) is -1.23. The van der Waals surface area contributed by atoms with E-state index >= 15 is 0 Å². The van der Waals surface area contributed by atoms with Crippen molar-refractivity contribution in [3.63, 3.8) is 0 Å². The fraction of sp³-hybridized carbons (Fsp3) is 0.244. The third-order valence-corrected chi connectivity index (χ3v) is 11.3. The number of phenols is 12. The second kappa shape index (κ2) is 16.2. The number of cyclic esters (lactones) is 1. The maximum Gasteiger partial charge on any atom is 0.352 e. The third kappa shape index (κ3) is 7.21. The number of aliphatic hydroxyl groups is 1. The molecule has 0 radical (unpaired) electrons. The Balaban J connectivity index is 1.30. The number of esters is 6. The highest BCUT2D eigenvalue weighted by Gasteiger charge is 2.71. The Hall–Kier alpha value is -9.31. The van der Waals surface area contributed by atoms with Gasteiger partial charge in [-0.1, -0.05) is 0 Å². The fourth-order valence-electron chi connectivity index (χ4n) is 8.16. The van der Waals surface area contributed by atoms with Crippen LogP contribution in [0.4, 0.5) is 0 Å². The van der Waals surface area contributed by atoms with Gasteiger partial charge in [-0.2, -0.15) is 0 Å². The Morgan fingerprint density at radius 1 is 0.638 bits per heavy atom. The molecule has 4 aliphatic heterocycles. The number of carbonyl (C=O) groups excluding carboxylic acids is 6. The van der Waals surface area contributed by atoms with E-state index in [1.165, 1.54) is 0 Å². The van der Waals surface area contributed by atoms with Crippen LogP contribution >= 0.6 is 0 Å². The minimum absolute atomic E-state index is 0.345. The standard InChI is InChI=1S/C41H30O28/c42-12-1-8(2-13(43)23(12)49)34(57)68-39-33(66-37(60)11-5-16(46)26(52)30(56)21(11)22-31-38(61)69-41(22,6-18(47)48)40(62)67-31)32-27(53)17(64-39)7-63-35(58)9-3-14(44)24(50)28(54)19(9)20-10(36(59)65-32)4-15(45)25(51)29(20)55/h1-5,17,22,27,31-33,39,42-46,49-56H,6-7H2,(H,47,48)/t17-,22-,27-,31-,32+,33+,39-,41-/m1/s1. The van der Waals surface area contributed by atoms with Gasteiger partial charge >= 0.3 is 41.8 Å². The van der Waals surface area contributed by atoms with Gasteiger partial charge in [0.2, 0.25) is 41.3 Å². The van der Waals surface area contributed by atoms with E-state index in [-0.39, 0.29) is 0 Å². The Morgan fingerprint density at radius 3 is 1.75 bits per heavy atom. The Bertz CT molecular complexity index is 2950. The van der Waals surface area contributed by atoms with Crippen LogP contribution < -0.4 is 0 Å². The fourth-order valence-corrected chi connectivity index (χ4v) is 8.16. The van der Waals surface area contributed by atoms with Crippen molar-refractivity contribution < 1.29 is 138 Å². The molecule has 8 rings (SSSR count). The molecule has 69 heavy (non-hydrogen) atoms. The number of benzene rings is 4. The highest BCUT2D eigenvalue weighted by atomic mass is 16.7. The van der Waals surface area contributed by atoms with E-state index in [0.717, 1.165) is 0 Å². The quantitative estimate of drug-likeness (QED) is 0.0628. The SMILES string of the molecule is O=C(O)C[C@]12OC(=O)[C@H](OC1=O)[C@H]2c1c(C(=O)O[C@@H]2[C@@H](OC(=O)c3cc(O)c(O)c(O)c3)O[C@@H]3COC(=O)c4cc(O)c(O)c(O)c4-c4c(cc(O)c(O)c4O)C(=O)O[C@H]2[C@@H]3O)cc(O)c(O)c1O. The van der Waals surface area contributed by atoms with Gasteiger partial charge in [-0.3, -0.25) is 4.79 Å². The van der Waals surface area contributed by atoms with Gasteiger partial charge < -0.3 is 105 Å². The summed E-state index contributed by atoms with van der Waals surface area (Å²) in [5.41, 5.74) is -10.3. The lowest BCUT2D eigenvalue weighted by molar-refractivity contribution is -0.283. The van der Waals surface area contributed by atoms with Crippen LogP contribution in [0, 0.1) is 0 Å². The van der Waals surface area contributed by atoms with Gasteiger partial charge in [0.1, 0.15) is 18.8 Å². The molecule has 4 aromatic rings. The molecule has 0 saturated carbocycles. The number of carboxylic acids is 1. The summed E-state index contributed by atoms with van der Waals surface area (Å²) in [7, 11) is 0. The molecule has 4 aliphatic rings. The van der Waals surface area contributed by atoms with Crippen molar-refractivity contribution in [2.24, 2.45) is 0 Å². The minimum atomic E-state index is -2.86. The maximum absolute atomic E-state index is 14.5. The van der Waals surface area contributed by atoms with Crippen LogP contribution in [0.1, 0.15) is 59.3 Å². The number of carboxylic acid groups (broad SMARTS) is 1. The van der Waals surface area contributed by atoms with Crippen molar-refractivity contribution in [2.75, 3.05) is 6.61 Å².